The van der Waals surface area contributed by atoms with Gasteiger partial charge in [-0.25, -0.2) is 29.7 Å². The lowest BCUT2D eigenvalue weighted by Crippen LogP contribution is -2.31. The first-order valence-electron chi connectivity index (χ1n) is 9.20. The molecule has 0 spiro atoms. The van der Waals surface area contributed by atoms with E-state index >= 15 is 0 Å². The number of hydrogen-bond acceptors (Lipinski definition) is 8. The molecule has 0 aliphatic carbocycles. The molecule has 1 fully saturated rings. The zero-order valence-electron chi connectivity index (χ0n) is 16.1. The van der Waals surface area contributed by atoms with Gasteiger partial charge in [0.2, 0.25) is 0 Å². The lowest BCUT2D eigenvalue weighted by atomic mass is 10.2. The van der Waals surface area contributed by atoms with Crippen LogP contribution in [0, 0.1) is 6.92 Å². The van der Waals surface area contributed by atoms with Gasteiger partial charge in [-0.05, 0) is 20.3 Å². The fourth-order valence-electron chi connectivity index (χ4n) is 3.44. The fourth-order valence-corrected chi connectivity index (χ4v) is 3.44. The molecule has 0 bridgehead atoms. The molecule has 1 aliphatic heterocycles. The number of imidazole rings is 1. The molecule has 3 aromatic rings. The number of carbonyl (C=O) groups excluding carboxylic acids is 1. The Labute approximate surface area is 162 Å². The molecule has 3 aromatic heterocycles. The number of fused-ring (bicyclic) bond motifs is 1. The summed E-state index contributed by atoms with van der Waals surface area (Å²) in [6.45, 7) is 5.80. The van der Waals surface area contributed by atoms with Crippen LogP contribution in [-0.2, 0) is 11.3 Å². The van der Waals surface area contributed by atoms with Crippen LogP contribution >= 0.6 is 0 Å². The number of hydrogen-bond donors (Lipinski definition) is 1. The third-order valence-corrected chi connectivity index (χ3v) is 4.85. The number of rotatable bonds is 4. The van der Waals surface area contributed by atoms with Gasteiger partial charge in [0.25, 0.3) is 0 Å². The number of amides is 1. The molecule has 0 saturated carbocycles. The van der Waals surface area contributed by atoms with Crippen molar-refractivity contribution in [3.8, 4) is 11.4 Å². The molecule has 28 heavy (non-hydrogen) atoms. The summed E-state index contributed by atoms with van der Waals surface area (Å²) in [6, 6.07) is 0.0788. The highest BCUT2D eigenvalue weighted by Gasteiger charge is 2.28. The number of nitrogens with zero attached hydrogens (tertiary/aromatic N) is 7. The molecule has 4 rings (SSSR count). The Morgan fingerprint density at radius 1 is 1.29 bits per heavy atom. The van der Waals surface area contributed by atoms with Gasteiger partial charge in [-0.3, -0.25) is 0 Å². The Kier molecular flexibility index (Phi) is 4.76. The summed E-state index contributed by atoms with van der Waals surface area (Å²) in [5.74, 6) is 2.12. The monoisotopic (exact) mass is 382 g/mol. The maximum absolute atomic E-state index is 11.7. The molecule has 1 N–H and O–H groups in total. The Balaban J connectivity index is 1.67. The predicted molar refractivity (Wildman–Crippen MR) is 103 cm³/mol. The number of ether oxygens (including phenoxy) is 1. The third-order valence-electron chi connectivity index (χ3n) is 4.85. The van der Waals surface area contributed by atoms with Crippen molar-refractivity contribution < 1.29 is 9.53 Å². The number of aryl methyl sites for hydroxylation is 2. The summed E-state index contributed by atoms with van der Waals surface area (Å²) in [4.78, 5) is 35.5. The topological polar surface area (TPSA) is 111 Å². The van der Waals surface area contributed by atoms with Gasteiger partial charge in [-0.2, -0.15) is 0 Å². The van der Waals surface area contributed by atoms with Crippen LogP contribution in [0.15, 0.2) is 18.7 Å². The van der Waals surface area contributed by atoms with E-state index in [1.54, 1.807) is 17.3 Å². The van der Waals surface area contributed by atoms with Crippen LogP contribution < -0.4 is 5.32 Å². The molecule has 0 aromatic carbocycles. The minimum absolute atomic E-state index is 0.0788. The van der Waals surface area contributed by atoms with E-state index in [1.165, 1.54) is 13.4 Å². The quantitative estimate of drug-likeness (QED) is 0.728. The summed E-state index contributed by atoms with van der Waals surface area (Å²) in [6.07, 6.45) is 5.56. The Hall–Kier alpha value is -3.30. The second-order valence-corrected chi connectivity index (χ2v) is 6.64. The standard InChI is InChI=1S/C18H22N8O2/c1-4-26-16(12-7-19-11(2)20-8-12)24-14-15(21-10-22-17(14)26)23-13-5-6-25(9-13)18(27)28-3/h7-8,10,13H,4-6,9H2,1-3H3,(H,21,22,23). The average molecular weight is 382 g/mol. The summed E-state index contributed by atoms with van der Waals surface area (Å²) >= 11 is 0. The van der Waals surface area contributed by atoms with Gasteiger partial charge < -0.3 is 19.5 Å². The Morgan fingerprint density at radius 2 is 2.07 bits per heavy atom. The van der Waals surface area contributed by atoms with Crippen molar-refractivity contribution in [2.75, 3.05) is 25.5 Å². The van der Waals surface area contributed by atoms with Crippen molar-refractivity contribution in [2.24, 2.45) is 0 Å². The maximum Gasteiger partial charge on any atom is 0.409 e. The van der Waals surface area contributed by atoms with Crippen LogP contribution in [0.5, 0.6) is 0 Å². The van der Waals surface area contributed by atoms with E-state index in [0.29, 0.717) is 36.8 Å². The highest BCUT2D eigenvalue weighted by atomic mass is 16.5. The van der Waals surface area contributed by atoms with Gasteiger partial charge in [0, 0.05) is 38.1 Å². The average Bonchev–Trinajstić information content (AvgIpc) is 3.33. The van der Waals surface area contributed by atoms with Crippen molar-refractivity contribution in [2.45, 2.75) is 32.9 Å². The van der Waals surface area contributed by atoms with Gasteiger partial charge in [0.15, 0.2) is 17.0 Å². The lowest BCUT2D eigenvalue weighted by molar-refractivity contribution is 0.133. The van der Waals surface area contributed by atoms with Crippen LogP contribution in [0.2, 0.25) is 0 Å². The molecule has 10 heteroatoms. The van der Waals surface area contributed by atoms with Gasteiger partial charge in [-0.15, -0.1) is 0 Å². The number of methoxy groups -OCH3 is 1. The van der Waals surface area contributed by atoms with Crippen molar-refractivity contribution in [1.82, 2.24) is 34.4 Å². The second-order valence-electron chi connectivity index (χ2n) is 6.64. The number of carbonyl (C=O) groups is 1. The maximum atomic E-state index is 11.7. The van der Waals surface area contributed by atoms with Crippen LogP contribution in [0.3, 0.4) is 0 Å². The van der Waals surface area contributed by atoms with Gasteiger partial charge in [-0.1, -0.05) is 0 Å². The van der Waals surface area contributed by atoms with E-state index in [-0.39, 0.29) is 12.1 Å². The zero-order chi connectivity index (χ0) is 19.7. The van der Waals surface area contributed by atoms with E-state index in [9.17, 15) is 4.79 Å². The molecular weight excluding hydrogens is 360 g/mol. The molecular formula is C18H22N8O2. The molecule has 1 atom stereocenters. The number of aromatic nitrogens is 6. The largest absolute Gasteiger partial charge is 0.453 e. The minimum Gasteiger partial charge on any atom is -0.453 e. The SMILES string of the molecule is CCn1c(-c2cnc(C)nc2)nc2c(NC3CCN(C(=O)OC)C3)ncnc21. The zero-order valence-corrected chi connectivity index (χ0v) is 16.1. The van der Waals surface area contributed by atoms with Crippen LogP contribution in [0.1, 0.15) is 19.2 Å². The van der Waals surface area contributed by atoms with Crippen molar-refractivity contribution >= 4 is 23.1 Å². The Morgan fingerprint density at radius 3 is 2.79 bits per heavy atom. The minimum atomic E-state index is -0.311. The molecule has 10 nitrogen and oxygen atoms in total. The van der Waals surface area contributed by atoms with Crippen molar-refractivity contribution in [3.63, 3.8) is 0 Å². The number of anilines is 1. The van der Waals surface area contributed by atoms with E-state index in [0.717, 1.165) is 23.5 Å². The van der Waals surface area contributed by atoms with E-state index in [1.807, 2.05) is 18.4 Å². The number of nitrogens with one attached hydrogen (secondary N) is 1. The first-order valence-corrected chi connectivity index (χ1v) is 9.20. The molecule has 1 unspecified atom stereocenters. The van der Waals surface area contributed by atoms with E-state index in [2.05, 4.69) is 25.3 Å². The summed E-state index contributed by atoms with van der Waals surface area (Å²) in [5, 5.41) is 3.41. The van der Waals surface area contributed by atoms with Gasteiger partial charge >= 0.3 is 6.09 Å². The smallest absolute Gasteiger partial charge is 0.409 e. The van der Waals surface area contributed by atoms with Gasteiger partial charge in [0.1, 0.15) is 18.0 Å². The molecule has 0 radical (unpaired) electrons. The van der Waals surface area contributed by atoms with Crippen molar-refractivity contribution in [1.29, 1.82) is 0 Å². The van der Waals surface area contributed by atoms with E-state index in [4.69, 9.17) is 9.72 Å². The highest BCUT2D eigenvalue weighted by molar-refractivity contribution is 5.86. The van der Waals surface area contributed by atoms with Crippen LogP contribution in [0.25, 0.3) is 22.6 Å². The summed E-state index contributed by atoms with van der Waals surface area (Å²) in [7, 11) is 1.39. The van der Waals surface area contributed by atoms with Crippen LogP contribution in [0.4, 0.5) is 10.6 Å². The Bertz CT molecular complexity index is 1000. The predicted octanol–water partition coefficient (Wildman–Crippen LogP) is 1.86. The molecule has 1 aliphatic rings. The summed E-state index contributed by atoms with van der Waals surface area (Å²) < 4.78 is 6.82. The second kappa shape index (κ2) is 7.37. The van der Waals surface area contributed by atoms with Crippen LogP contribution in [-0.4, -0.2) is 66.7 Å². The molecule has 4 heterocycles. The van der Waals surface area contributed by atoms with Crippen molar-refractivity contribution in [3.05, 3.63) is 24.5 Å². The molecule has 146 valence electrons. The highest BCUT2D eigenvalue weighted by Crippen LogP contribution is 2.27. The molecule has 1 amide bonds. The number of likely N-dealkylation sites (tertiary alicyclic amines) is 1. The first-order chi connectivity index (χ1) is 13.6. The first kappa shape index (κ1) is 18.1. The van der Waals surface area contributed by atoms with Gasteiger partial charge in [0.05, 0.1) is 12.7 Å². The summed E-state index contributed by atoms with van der Waals surface area (Å²) in [5.41, 5.74) is 2.27. The fraction of sp³-hybridized carbons (Fsp3) is 0.444. The van der Waals surface area contributed by atoms with E-state index < -0.39 is 0 Å². The third kappa shape index (κ3) is 3.21. The normalized spacial score (nSPS) is 16.5. The molecule has 1 saturated heterocycles. The lowest BCUT2D eigenvalue weighted by Gasteiger charge is -2.15.